The van der Waals surface area contributed by atoms with Gasteiger partial charge in [-0.2, -0.15) is 0 Å². The molecule has 1 aromatic rings. The van der Waals surface area contributed by atoms with Gasteiger partial charge in [-0.15, -0.1) is 0 Å². The molecule has 0 amide bonds. The quantitative estimate of drug-likeness (QED) is 0.726. The first-order valence-corrected chi connectivity index (χ1v) is 6.44. The van der Waals surface area contributed by atoms with Crippen LogP contribution in [-0.2, 0) is 0 Å². The summed E-state index contributed by atoms with van der Waals surface area (Å²) >= 11 is 3.43. The lowest BCUT2D eigenvalue weighted by Gasteiger charge is -2.32. The van der Waals surface area contributed by atoms with Crippen molar-refractivity contribution in [1.82, 2.24) is 4.98 Å². The van der Waals surface area contributed by atoms with Crippen molar-refractivity contribution in [3.63, 3.8) is 0 Å². The third-order valence-electron chi connectivity index (χ3n) is 3.81. The molecular weight excluding hydrogens is 252 g/mol. The molecule has 3 heteroatoms. The second kappa shape index (κ2) is 3.48. The van der Waals surface area contributed by atoms with E-state index in [-0.39, 0.29) is 0 Å². The number of hydrogen-bond donors (Lipinski definition) is 0. The third-order valence-corrected chi connectivity index (χ3v) is 4.25. The van der Waals surface area contributed by atoms with Gasteiger partial charge in [0.15, 0.2) is 0 Å². The Kier molecular flexibility index (Phi) is 2.23. The fraction of sp³-hybridized carbons (Fsp3) is 0.583. The molecule has 0 atom stereocenters. The van der Waals surface area contributed by atoms with Gasteiger partial charge in [-0.05, 0) is 59.2 Å². The lowest BCUT2D eigenvalue weighted by atomic mass is 9.94. The molecule has 0 N–H and O–H groups in total. The summed E-state index contributed by atoms with van der Waals surface area (Å²) in [4.78, 5) is 6.92. The van der Waals surface area contributed by atoms with Crippen LogP contribution in [0.4, 0.5) is 5.82 Å². The van der Waals surface area contributed by atoms with Crippen molar-refractivity contribution in [1.29, 1.82) is 0 Å². The largest absolute Gasteiger partial charge is 0.357 e. The van der Waals surface area contributed by atoms with Gasteiger partial charge in [-0.25, -0.2) is 4.98 Å². The van der Waals surface area contributed by atoms with Crippen LogP contribution in [0.3, 0.4) is 0 Å². The van der Waals surface area contributed by atoms with Crippen molar-refractivity contribution >= 4 is 21.7 Å². The fourth-order valence-corrected chi connectivity index (χ4v) is 2.79. The summed E-state index contributed by atoms with van der Waals surface area (Å²) in [6.07, 6.45) is 5.65. The standard InChI is InChI=1S/C12H15BrN2/c13-10-2-1-3-11(14-10)15-8-6-12(4-5-12)7-9-15/h1-3H,4-9H2. The maximum absolute atomic E-state index is 4.51. The van der Waals surface area contributed by atoms with Gasteiger partial charge in [-0.1, -0.05) is 6.07 Å². The second-order valence-electron chi connectivity index (χ2n) is 4.81. The van der Waals surface area contributed by atoms with Crippen LogP contribution in [0.25, 0.3) is 0 Å². The highest BCUT2D eigenvalue weighted by Gasteiger charge is 2.44. The van der Waals surface area contributed by atoms with E-state index in [2.05, 4.69) is 37.9 Å². The highest BCUT2D eigenvalue weighted by Crippen LogP contribution is 2.53. The van der Waals surface area contributed by atoms with Crippen molar-refractivity contribution in [2.45, 2.75) is 25.7 Å². The zero-order chi connectivity index (χ0) is 10.3. The minimum Gasteiger partial charge on any atom is -0.357 e. The molecule has 1 saturated carbocycles. The highest BCUT2D eigenvalue weighted by molar-refractivity contribution is 9.10. The van der Waals surface area contributed by atoms with Gasteiger partial charge in [0, 0.05) is 13.1 Å². The van der Waals surface area contributed by atoms with Crippen LogP contribution in [0.15, 0.2) is 22.8 Å². The van der Waals surface area contributed by atoms with Crippen LogP contribution in [0.5, 0.6) is 0 Å². The van der Waals surface area contributed by atoms with Gasteiger partial charge >= 0.3 is 0 Å². The molecule has 2 fully saturated rings. The first-order valence-electron chi connectivity index (χ1n) is 5.65. The Morgan fingerprint density at radius 1 is 1.13 bits per heavy atom. The normalized spacial score (nSPS) is 23.1. The van der Waals surface area contributed by atoms with Crippen molar-refractivity contribution in [2.75, 3.05) is 18.0 Å². The molecule has 1 aliphatic carbocycles. The summed E-state index contributed by atoms with van der Waals surface area (Å²) in [5.41, 5.74) is 0.752. The molecule has 0 aromatic carbocycles. The number of piperidine rings is 1. The molecule has 2 heterocycles. The monoisotopic (exact) mass is 266 g/mol. The van der Waals surface area contributed by atoms with Crippen LogP contribution in [0.1, 0.15) is 25.7 Å². The van der Waals surface area contributed by atoms with Crippen molar-refractivity contribution < 1.29 is 0 Å². The Balaban J connectivity index is 1.73. The fourth-order valence-electron chi connectivity index (χ4n) is 2.46. The Hall–Kier alpha value is -0.570. The van der Waals surface area contributed by atoms with E-state index in [1.807, 2.05) is 6.07 Å². The van der Waals surface area contributed by atoms with Crippen LogP contribution in [0, 0.1) is 5.41 Å². The first-order chi connectivity index (χ1) is 7.27. The molecular formula is C12H15BrN2. The zero-order valence-electron chi connectivity index (χ0n) is 8.75. The molecule has 2 nitrogen and oxygen atoms in total. The van der Waals surface area contributed by atoms with E-state index >= 15 is 0 Å². The smallest absolute Gasteiger partial charge is 0.129 e. The molecule has 1 spiro atoms. The van der Waals surface area contributed by atoms with Crippen LogP contribution in [-0.4, -0.2) is 18.1 Å². The molecule has 15 heavy (non-hydrogen) atoms. The van der Waals surface area contributed by atoms with Crippen molar-refractivity contribution in [3.8, 4) is 0 Å². The molecule has 0 radical (unpaired) electrons. The lowest BCUT2D eigenvalue weighted by Crippen LogP contribution is -2.34. The summed E-state index contributed by atoms with van der Waals surface area (Å²) < 4.78 is 0.937. The number of rotatable bonds is 1. The molecule has 1 aliphatic heterocycles. The third kappa shape index (κ3) is 1.89. The van der Waals surface area contributed by atoms with Crippen LogP contribution < -0.4 is 4.90 Å². The number of hydrogen-bond acceptors (Lipinski definition) is 2. The molecule has 80 valence electrons. The zero-order valence-corrected chi connectivity index (χ0v) is 10.3. The number of nitrogens with zero attached hydrogens (tertiary/aromatic N) is 2. The number of pyridine rings is 1. The Morgan fingerprint density at radius 2 is 1.87 bits per heavy atom. The minimum atomic E-state index is 0.752. The minimum absolute atomic E-state index is 0.752. The predicted molar refractivity (Wildman–Crippen MR) is 65.1 cm³/mol. The molecule has 1 aromatic heterocycles. The summed E-state index contributed by atoms with van der Waals surface area (Å²) in [5.74, 6) is 1.12. The van der Waals surface area contributed by atoms with Gasteiger partial charge < -0.3 is 4.90 Å². The van der Waals surface area contributed by atoms with Crippen LogP contribution in [0.2, 0.25) is 0 Å². The van der Waals surface area contributed by atoms with Gasteiger partial charge in [0.1, 0.15) is 10.4 Å². The molecule has 1 saturated heterocycles. The summed E-state index contributed by atoms with van der Waals surface area (Å²) in [7, 11) is 0. The van der Waals surface area contributed by atoms with E-state index in [1.165, 1.54) is 38.8 Å². The molecule has 3 rings (SSSR count). The Bertz CT molecular complexity index is 364. The van der Waals surface area contributed by atoms with Gasteiger partial charge in [0.05, 0.1) is 0 Å². The number of halogens is 1. The lowest BCUT2D eigenvalue weighted by molar-refractivity contribution is 0.383. The van der Waals surface area contributed by atoms with E-state index in [0.29, 0.717) is 0 Å². The van der Waals surface area contributed by atoms with Gasteiger partial charge in [-0.3, -0.25) is 0 Å². The highest BCUT2D eigenvalue weighted by atomic mass is 79.9. The average molecular weight is 267 g/mol. The number of anilines is 1. The van der Waals surface area contributed by atoms with Crippen molar-refractivity contribution in [2.24, 2.45) is 5.41 Å². The van der Waals surface area contributed by atoms with Gasteiger partial charge in [0.2, 0.25) is 0 Å². The van der Waals surface area contributed by atoms with Crippen LogP contribution >= 0.6 is 15.9 Å². The van der Waals surface area contributed by atoms with E-state index in [4.69, 9.17) is 0 Å². The Labute approximate surface area is 98.8 Å². The first kappa shape index (κ1) is 9.64. The summed E-state index contributed by atoms with van der Waals surface area (Å²) in [6.45, 7) is 2.37. The maximum atomic E-state index is 4.51. The average Bonchev–Trinajstić information content (AvgIpc) is 2.99. The van der Waals surface area contributed by atoms with Crippen molar-refractivity contribution in [3.05, 3.63) is 22.8 Å². The topological polar surface area (TPSA) is 16.1 Å². The van der Waals surface area contributed by atoms with E-state index < -0.39 is 0 Å². The summed E-state index contributed by atoms with van der Waals surface area (Å²) in [5, 5.41) is 0. The number of aromatic nitrogens is 1. The van der Waals surface area contributed by atoms with E-state index in [9.17, 15) is 0 Å². The predicted octanol–water partition coefficient (Wildman–Crippen LogP) is 3.22. The van der Waals surface area contributed by atoms with E-state index in [1.54, 1.807) is 0 Å². The molecule has 0 bridgehead atoms. The SMILES string of the molecule is Brc1cccc(N2CCC3(CC2)CC3)n1. The van der Waals surface area contributed by atoms with Gasteiger partial charge in [0.25, 0.3) is 0 Å². The summed E-state index contributed by atoms with van der Waals surface area (Å²) in [6, 6.07) is 6.15. The molecule has 0 unspecified atom stereocenters. The molecule has 2 aliphatic rings. The van der Waals surface area contributed by atoms with E-state index in [0.717, 1.165) is 15.8 Å². The Morgan fingerprint density at radius 3 is 2.47 bits per heavy atom. The maximum Gasteiger partial charge on any atom is 0.129 e. The second-order valence-corrected chi connectivity index (χ2v) is 5.62.